The molecule has 0 bridgehead atoms. The first-order valence-electron chi connectivity index (χ1n) is 10.9. The predicted octanol–water partition coefficient (Wildman–Crippen LogP) is 3.55. The second kappa shape index (κ2) is 9.77. The number of fused-ring (bicyclic) bond motifs is 1. The lowest BCUT2D eigenvalue weighted by atomic mass is 9.82. The summed E-state index contributed by atoms with van der Waals surface area (Å²) in [6.45, 7) is 0.199. The molecule has 1 aliphatic carbocycles. The largest absolute Gasteiger partial charge is 0.507 e. The highest BCUT2D eigenvalue weighted by Gasteiger charge is 2.26. The third-order valence-corrected chi connectivity index (χ3v) is 6.00. The summed E-state index contributed by atoms with van der Waals surface area (Å²) < 4.78 is 11.3. The van der Waals surface area contributed by atoms with Gasteiger partial charge in [-0.2, -0.15) is 0 Å². The molecule has 0 radical (unpaired) electrons. The van der Waals surface area contributed by atoms with Gasteiger partial charge in [-0.1, -0.05) is 30.3 Å². The zero-order valence-corrected chi connectivity index (χ0v) is 18.0. The minimum atomic E-state index is -0.753. The van der Waals surface area contributed by atoms with Gasteiger partial charge in [0, 0.05) is 30.3 Å². The number of carbonyl (C=O) groups excluding carboxylic acids is 1. The van der Waals surface area contributed by atoms with E-state index < -0.39 is 5.97 Å². The third-order valence-electron chi connectivity index (χ3n) is 6.00. The van der Waals surface area contributed by atoms with Gasteiger partial charge in [0.2, 0.25) is 0 Å². The van der Waals surface area contributed by atoms with E-state index in [1.54, 1.807) is 0 Å². The lowest BCUT2D eigenvalue weighted by Crippen LogP contribution is -2.35. The van der Waals surface area contributed by atoms with E-state index in [2.05, 4.69) is 5.32 Å². The van der Waals surface area contributed by atoms with Crippen molar-refractivity contribution in [1.29, 1.82) is 0 Å². The molecule has 0 atom stereocenters. The van der Waals surface area contributed by atoms with Crippen molar-refractivity contribution < 1.29 is 29.0 Å². The van der Waals surface area contributed by atoms with Crippen molar-refractivity contribution in [2.75, 3.05) is 13.2 Å². The Morgan fingerprint density at radius 2 is 1.79 bits per heavy atom. The summed E-state index contributed by atoms with van der Waals surface area (Å²) in [5.74, 6) is -0.842. The van der Waals surface area contributed by atoms with E-state index >= 15 is 0 Å². The Morgan fingerprint density at radius 3 is 2.48 bits per heavy atom. The normalized spacial score (nSPS) is 18.1. The Bertz CT molecular complexity index is 1210. The van der Waals surface area contributed by atoms with E-state index in [9.17, 15) is 19.5 Å². The number of phenols is 1. The molecule has 1 aromatic heterocycles. The van der Waals surface area contributed by atoms with Gasteiger partial charge in [0.1, 0.15) is 28.2 Å². The van der Waals surface area contributed by atoms with Crippen molar-refractivity contribution in [3.8, 4) is 22.8 Å². The fraction of sp³-hybridized carbons (Fsp3) is 0.320. The van der Waals surface area contributed by atoms with Crippen molar-refractivity contribution in [3.63, 3.8) is 0 Å². The highest BCUT2D eigenvalue weighted by atomic mass is 16.5. The fourth-order valence-corrected chi connectivity index (χ4v) is 4.14. The van der Waals surface area contributed by atoms with E-state index in [1.165, 1.54) is 18.2 Å². The number of carbonyl (C=O) groups is 2. The second-order valence-electron chi connectivity index (χ2n) is 8.31. The summed E-state index contributed by atoms with van der Waals surface area (Å²) in [4.78, 5) is 35.7. The van der Waals surface area contributed by atoms with E-state index in [0.29, 0.717) is 25.1 Å². The molecule has 3 aromatic rings. The number of hydrogen-bond acceptors (Lipinski definition) is 6. The predicted molar refractivity (Wildman–Crippen MR) is 121 cm³/mol. The maximum atomic E-state index is 12.5. The van der Waals surface area contributed by atoms with Crippen LogP contribution in [0.1, 0.15) is 25.7 Å². The zero-order valence-electron chi connectivity index (χ0n) is 18.0. The van der Waals surface area contributed by atoms with Gasteiger partial charge in [-0.15, -0.1) is 0 Å². The average molecular weight is 451 g/mol. The number of rotatable bonds is 7. The number of aromatic hydroxyl groups is 1. The summed E-state index contributed by atoms with van der Waals surface area (Å²) in [6.07, 6.45) is 2.77. The molecule has 0 spiro atoms. The van der Waals surface area contributed by atoms with Crippen molar-refractivity contribution in [1.82, 2.24) is 5.32 Å². The summed E-state index contributed by atoms with van der Waals surface area (Å²) >= 11 is 0. The molecule has 0 aliphatic heterocycles. The van der Waals surface area contributed by atoms with Crippen LogP contribution < -0.4 is 15.5 Å². The van der Waals surface area contributed by atoms with Gasteiger partial charge >= 0.3 is 5.97 Å². The van der Waals surface area contributed by atoms with Crippen molar-refractivity contribution >= 4 is 22.8 Å². The van der Waals surface area contributed by atoms with Gasteiger partial charge in [-0.25, -0.2) is 0 Å². The minimum Gasteiger partial charge on any atom is -0.507 e. The third kappa shape index (κ3) is 5.34. The molecule has 8 heteroatoms. The molecule has 3 N–H and O–H groups in total. The second-order valence-corrected chi connectivity index (χ2v) is 8.31. The fourth-order valence-electron chi connectivity index (χ4n) is 4.14. The minimum absolute atomic E-state index is 0.0449. The Hall–Kier alpha value is -3.81. The van der Waals surface area contributed by atoms with Crippen LogP contribution in [0.3, 0.4) is 0 Å². The average Bonchev–Trinajstić information content (AvgIpc) is 2.81. The molecule has 0 saturated heterocycles. The van der Waals surface area contributed by atoms with Crippen LogP contribution in [0.4, 0.5) is 0 Å². The van der Waals surface area contributed by atoms with E-state index in [-0.39, 0.29) is 52.2 Å². The summed E-state index contributed by atoms with van der Waals surface area (Å²) in [6, 6.07) is 13.2. The number of carboxylic acid groups (broad SMARTS) is 1. The van der Waals surface area contributed by atoms with Gasteiger partial charge < -0.3 is 24.7 Å². The van der Waals surface area contributed by atoms with Crippen LogP contribution in [0.25, 0.3) is 22.3 Å². The van der Waals surface area contributed by atoms with E-state index in [0.717, 1.165) is 18.4 Å². The van der Waals surface area contributed by atoms with Crippen LogP contribution >= 0.6 is 0 Å². The summed E-state index contributed by atoms with van der Waals surface area (Å²) in [7, 11) is 0. The molecule has 1 amide bonds. The molecule has 0 unspecified atom stereocenters. The molecule has 1 fully saturated rings. The molecule has 1 heterocycles. The highest BCUT2D eigenvalue weighted by Crippen LogP contribution is 2.31. The molecule has 8 nitrogen and oxygen atoms in total. The van der Waals surface area contributed by atoms with Crippen LogP contribution in [-0.2, 0) is 9.59 Å². The molecule has 2 aromatic carbocycles. The van der Waals surface area contributed by atoms with Gasteiger partial charge in [0.05, 0.1) is 5.92 Å². The van der Waals surface area contributed by atoms with Gasteiger partial charge in [0.25, 0.3) is 5.91 Å². The van der Waals surface area contributed by atoms with E-state index in [4.69, 9.17) is 14.3 Å². The Morgan fingerprint density at radius 1 is 1.06 bits per heavy atom. The molecule has 1 aliphatic rings. The number of aliphatic carboxylic acids is 1. The molecule has 33 heavy (non-hydrogen) atoms. The smallest absolute Gasteiger partial charge is 0.306 e. The molecule has 4 rings (SSSR count). The maximum absolute atomic E-state index is 12.5. The SMILES string of the molecule is O=C(COc1cc(O)c2c(=O)cc(-c3ccccc3)oc2c1)NCC1CCC(C(=O)O)CC1. The Labute approximate surface area is 189 Å². The highest BCUT2D eigenvalue weighted by molar-refractivity contribution is 5.86. The standard InChI is InChI=1S/C25H25NO7/c27-19-10-18(32-14-23(29)26-13-15-6-8-17(9-7-15)25(30)31)11-22-24(19)20(28)12-21(33-22)16-4-2-1-3-5-16/h1-5,10-12,15,17,27H,6-9,13-14H2,(H,26,29)(H,30,31). The van der Waals surface area contributed by atoms with Gasteiger partial charge in [-0.3, -0.25) is 14.4 Å². The number of benzene rings is 2. The van der Waals surface area contributed by atoms with Crippen molar-refractivity contribution in [2.24, 2.45) is 11.8 Å². The Balaban J connectivity index is 1.39. The molecule has 172 valence electrons. The number of phenolic OH excluding ortho intramolecular Hbond substituents is 1. The maximum Gasteiger partial charge on any atom is 0.306 e. The monoisotopic (exact) mass is 451 g/mol. The van der Waals surface area contributed by atoms with Crippen LogP contribution in [0.15, 0.2) is 57.7 Å². The topological polar surface area (TPSA) is 126 Å². The number of carboxylic acids is 1. The summed E-state index contributed by atoms with van der Waals surface area (Å²) in [5, 5.41) is 22.2. The van der Waals surface area contributed by atoms with Crippen LogP contribution in [0, 0.1) is 11.8 Å². The van der Waals surface area contributed by atoms with Crippen LogP contribution in [0.5, 0.6) is 11.5 Å². The number of hydrogen-bond donors (Lipinski definition) is 3. The Kier molecular flexibility index (Phi) is 6.63. The lowest BCUT2D eigenvalue weighted by molar-refractivity contribution is -0.143. The quantitative estimate of drug-likeness (QED) is 0.501. The van der Waals surface area contributed by atoms with Crippen LogP contribution in [0.2, 0.25) is 0 Å². The van der Waals surface area contributed by atoms with Gasteiger partial charge in [-0.05, 0) is 31.6 Å². The van der Waals surface area contributed by atoms with Crippen molar-refractivity contribution in [2.45, 2.75) is 25.7 Å². The van der Waals surface area contributed by atoms with Gasteiger partial charge in [0.15, 0.2) is 12.0 Å². The summed E-state index contributed by atoms with van der Waals surface area (Å²) in [5.41, 5.74) is 0.501. The van der Waals surface area contributed by atoms with Crippen molar-refractivity contribution in [3.05, 3.63) is 58.8 Å². The van der Waals surface area contributed by atoms with E-state index in [1.807, 2.05) is 30.3 Å². The molecule has 1 saturated carbocycles. The first kappa shape index (κ1) is 22.4. The number of ether oxygens (including phenoxy) is 1. The first-order chi connectivity index (χ1) is 15.9. The number of nitrogens with one attached hydrogen (secondary N) is 1. The number of amides is 1. The molecular formula is C25H25NO7. The molecular weight excluding hydrogens is 426 g/mol. The zero-order chi connectivity index (χ0) is 23.4. The first-order valence-corrected chi connectivity index (χ1v) is 10.9. The van der Waals surface area contributed by atoms with Crippen LogP contribution in [-0.4, -0.2) is 35.2 Å². The lowest BCUT2D eigenvalue weighted by Gasteiger charge is -2.26.